The molecule has 3 rings (SSSR count). The van der Waals surface area contributed by atoms with Gasteiger partial charge < -0.3 is 0 Å². The van der Waals surface area contributed by atoms with E-state index in [0.29, 0.717) is 5.66 Å². The molecule has 0 atom stereocenters. The normalized spacial score (nSPS) is 36.0. The maximum Gasteiger partial charge on any atom is 0.0740 e. The molecular weight excluding hydrogens is 136 g/mol. The predicted molar refractivity (Wildman–Crippen MR) is 44.3 cm³/mol. The highest BCUT2D eigenvalue weighted by molar-refractivity contribution is 5.07. The van der Waals surface area contributed by atoms with E-state index in [2.05, 4.69) is 9.80 Å². The van der Waals surface area contributed by atoms with Crippen LogP contribution in [0, 0.1) is 0 Å². The average Bonchev–Trinajstić information content (AvgIpc) is 2.36. The fourth-order valence-electron chi connectivity index (χ4n) is 2.41. The Hall–Kier alpha value is -0.0800. The van der Waals surface area contributed by atoms with Crippen molar-refractivity contribution in [3.05, 3.63) is 0 Å². The van der Waals surface area contributed by atoms with Crippen LogP contribution in [0.3, 0.4) is 0 Å². The Bertz CT molecular complexity index is 150. The van der Waals surface area contributed by atoms with Crippen LogP contribution >= 0.6 is 0 Å². The van der Waals surface area contributed by atoms with Crippen molar-refractivity contribution in [3.8, 4) is 0 Å². The molecule has 2 saturated heterocycles. The summed E-state index contributed by atoms with van der Waals surface area (Å²) in [4.78, 5) is 5.37. The van der Waals surface area contributed by atoms with Crippen LogP contribution in [-0.4, -0.2) is 41.6 Å². The van der Waals surface area contributed by atoms with Crippen LogP contribution < -0.4 is 0 Å². The van der Waals surface area contributed by atoms with Crippen LogP contribution in [0.5, 0.6) is 0 Å². The summed E-state index contributed by atoms with van der Waals surface area (Å²) in [6.45, 7) is 5.49. The Morgan fingerprint density at radius 3 is 1.36 bits per heavy atom. The highest BCUT2D eigenvalue weighted by atomic mass is 15.5. The number of hydrogen-bond acceptors (Lipinski definition) is 2. The van der Waals surface area contributed by atoms with Crippen molar-refractivity contribution in [1.82, 2.24) is 9.80 Å². The lowest BCUT2D eigenvalue weighted by atomic mass is 10.1. The Balaban J connectivity index is 1.71. The standard InChI is InChI=1S/C9H16N2/c1-5-10(6-1)9(3-4-9)11-7-2-8-11/h1-8H2. The molecule has 11 heavy (non-hydrogen) atoms. The summed E-state index contributed by atoms with van der Waals surface area (Å²) in [5, 5.41) is 0. The van der Waals surface area contributed by atoms with Gasteiger partial charge in [0.2, 0.25) is 0 Å². The molecule has 0 spiro atoms. The van der Waals surface area contributed by atoms with Crippen LogP contribution in [0.25, 0.3) is 0 Å². The molecule has 0 amide bonds. The average molecular weight is 152 g/mol. The second-order valence-electron chi connectivity index (χ2n) is 4.16. The molecule has 1 saturated carbocycles. The Kier molecular flexibility index (Phi) is 1.16. The van der Waals surface area contributed by atoms with E-state index in [4.69, 9.17) is 0 Å². The maximum atomic E-state index is 2.69. The van der Waals surface area contributed by atoms with E-state index in [9.17, 15) is 0 Å². The molecule has 0 radical (unpaired) electrons. The van der Waals surface area contributed by atoms with Gasteiger partial charge in [-0.15, -0.1) is 0 Å². The molecule has 0 N–H and O–H groups in total. The van der Waals surface area contributed by atoms with Crippen LogP contribution in [0.2, 0.25) is 0 Å². The summed E-state index contributed by atoms with van der Waals surface area (Å²) >= 11 is 0. The highest BCUT2D eigenvalue weighted by Gasteiger charge is 2.55. The first-order valence-corrected chi connectivity index (χ1v) is 4.92. The van der Waals surface area contributed by atoms with Crippen LogP contribution in [0.4, 0.5) is 0 Å². The fraction of sp³-hybridized carbons (Fsp3) is 1.00. The fourth-order valence-corrected chi connectivity index (χ4v) is 2.41. The van der Waals surface area contributed by atoms with Crippen molar-refractivity contribution in [2.45, 2.75) is 31.3 Å². The van der Waals surface area contributed by atoms with Gasteiger partial charge in [0.1, 0.15) is 0 Å². The summed E-state index contributed by atoms with van der Waals surface area (Å²) in [5.41, 5.74) is 0.608. The number of rotatable bonds is 2. The third kappa shape index (κ3) is 0.744. The molecule has 2 heteroatoms. The Morgan fingerprint density at radius 2 is 1.18 bits per heavy atom. The lowest BCUT2D eigenvalue weighted by Crippen LogP contribution is -2.60. The van der Waals surface area contributed by atoms with Crippen molar-refractivity contribution >= 4 is 0 Å². The topological polar surface area (TPSA) is 6.48 Å². The minimum atomic E-state index is 0.608. The van der Waals surface area contributed by atoms with E-state index in [1.165, 1.54) is 51.9 Å². The van der Waals surface area contributed by atoms with Gasteiger partial charge in [0, 0.05) is 26.2 Å². The summed E-state index contributed by atoms with van der Waals surface area (Å²) in [6, 6.07) is 0. The molecule has 0 aromatic rings. The van der Waals surface area contributed by atoms with Crippen LogP contribution in [-0.2, 0) is 0 Å². The van der Waals surface area contributed by atoms with Crippen LogP contribution in [0.1, 0.15) is 25.7 Å². The smallest absolute Gasteiger partial charge is 0.0740 e. The number of nitrogens with zero attached hydrogens (tertiary/aromatic N) is 2. The van der Waals surface area contributed by atoms with Gasteiger partial charge in [0.15, 0.2) is 0 Å². The third-order valence-electron chi connectivity index (χ3n) is 3.59. The lowest BCUT2D eigenvalue weighted by Gasteiger charge is -2.49. The summed E-state index contributed by atoms with van der Waals surface area (Å²) in [7, 11) is 0. The van der Waals surface area contributed by atoms with E-state index in [0.717, 1.165) is 0 Å². The Labute approximate surface area is 68.2 Å². The van der Waals surface area contributed by atoms with Crippen molar-refractivity contribution in [2.24, 2.45) is 0 Å². The maximum absolute atomic E-state index is 2.69. The highest BCUT2D eigenvalue weighted by Crippen LogP contribution is 2.48. The molecule has 2 nitrogen and oxygen atoms in total. The summed E-state index contributed by atoms with van der Waals surface area (Å²) in [6.07, 6.45) is 5.78. The van der Waals surface area contributed by atoms with Crippen molar-refractivity contribution < 1.29 is 0 Å². The molecule has 2 heterocycles. The second-order valence-corrected chi connectivity index (χ2v) is 4.16. The summed E-state index contributed by atoms with van der Waals surface area (Å²) in [5.74, 6) is 0. The Morgan fingerprint density at radius 1 is 0.727 bits per heavy atom. The predicted octanol–water partition coefficient (Wildman–Crippen LogP) is 0.888. The van der Waals surface area contributed by atoms with E-state index in [1.807, 2.05) is 0 Å². The zero-order chi connectivity index (χ0) is 7.31. The van der Waals surface area contributed by atoms with Crippen LogP contribution in [0.15, 0.2) is 0 Å². The first kappa shape index (κ1) is 6.44. The van der Waals surface area contributed by atoms with Gasteiger partial charge in [-0.25, -0.2) is 0 Å². The van der Waals surface area contributed by atoms with Gasteiger partial charge in [-0.3, -0.25) is 9.80 Å². The molecule has 1 aliphatic carbocycles. The number of hydrogen-bond donors (Lipinski definition) is 0. The zero-order valence-corrected chi connectivity index (χ0v) is 7.05. The van der Waals surface area contributed by atoms with E-state index < -0.39 is 0 Å². The molecule has 0 bridgehead atoms. The molecular formula is C9H16N2. The second kappa shape index (κ2) is 1.99. The molecule has 0 unspecified atom stereocenters. The van der Waals surface area contributed by atoms with Crippen molar-refractivity contribution in [2.75, 3.05) is 26.2 Å². The molecule has 3 fully saturated rings. The van der Waals surface area contributed by atoms with Crippen molar-refractivity contribution in [1.29, 1.82) is 0 Å². The minimum absolute atomic E-state index is 0.608. The van der Waals surface area contributed by atoms with Gasteiger partial charge in [-0.1, -0.05) is 0 Å². The quantitative estimate of drug-likeness (QED) is 0.580. The van der Waals surface area contributed by atoms with Gasteiger partial charge >= 0.3 is 0 Å². The lowest BCUT2D eigenvalue weighted by molar-refractivity contribution is -0.0500. The van der Waals surface area contributed by atoms with Gasteiger partial charge in [-0.05, 0) is 25.7 Å². The largest absolute Gasteiger partial charge is 0.285 e. The SMILES string of the molecule is C1CN(C2(N3CCC3)CC2)C1. The van der Waals surface area contributed by atoms with E-state index >= 15 is 0 Å². The van der Waals surface area contributed by atoms with Gasteiger partial charge in [0.25, 0.3) is 0 Å². The minimum Gasteiger partial charge on any atom is -0.285 e. The summed E-state index contributed by atoms with van der Waals surface area (Å²) < 4.78 is 0. The monoisotopic (exact) mass is 152 g/mol. The third-order valence-corrected chi connectivity index (χ3v) is 3.59. The molecule has 2 aliphatic heterocycles. The molecule has 62 valence electrons. The van der Waals surface area contributed by atoms with E-state index in [1.54, 1.807) is 0 Å². The molecule has 0 aromatic heterocycles. The molecule has 3 aliphatic rings. The first-order chi connectivity index (χ1) is 5.42. The van der Waals surface area contributed by atoms with Gasteiger partial charge in [0.05, 0.1) is 5.66 Å². The number of likely N-dealkylation sites (tertiary alicyclic amines) is 2. The molecule has 0 aromatic carbocycles. The van der Waals surface area contributed by atoms with E-state index in [-0.39, 0.29) is 0 Å². The van der Waals surface area contributed by atoms with Crippen molar-refractivity contribution in [3.63, 3.8) is 0 Å². The van der Waals surface area contributed by atoms with Gasteiger partial charge in [-0.2, -0.15) is 0 Å². The zero-order valence-electron chi connectivity index (χ0n) is 7.05. The first-order valence-electron chi connectivity index (χ1n) is 4.92.